The van der Waals surface area contributed by atoms with Crippen LogP contribution < -0.4 is 4.74 Å². The molecule has 1 aliphatic rings. The summed E-state index contributed by atoms with van der Waals surface area (Å²) in [4.78, 5) is 2.33. The molecule has 3 nitrogen and oxygen atoms in total. The number of likely N-dealkylation sites (N-methyl/N-ethyl adjacent to an activating group) is 1. The van der Waals surface area contributed by atoms with E-state index in [4.69, 9.17) is 4.74 Å². The lowest BCUT2D eigenvalue weighted by molar-refractivity contribution is 0.0689. The van der Waals surface area contributed by atoms with Gasteiger partial charge in [-0.1, -0.05) is 43.3 Å². The van der Waals surface area contributed by atoms with E-state index in [1.54, 1.807) is 0 Å². The fourth-order valence-electron chi connectivity index (χ4n) is 2.86. The molecule has 1 N–H and O–H groups in total. The predicted octanol–water partition coefficient (Wildman–Crippen LogP) is 3.31. The van der Waals surface area contributed by atoms with Gasteiger partial charge < -0.3 is 14.7 Å². The van der Waals surface area contributed by atoms with Crippen LogP contribution in [0.1, 0.15) is 19.8 Å². The van der Waals surface area contributed by atoms with Crippen LogP contribution in [0, 0.1) is 5.92 Å². The van der Waals surface area contributed by atoms with E-state index in [2.05, 4.69) is 30.0 Å². The molecule has 0 amide bonds. The van der Waals surface area contributed by atoms with Crippen molar-refractivity contribution >= 4 is 10.8 Å². The molecule has 0 saturated heterocycles. The van der Waals surface area contributed by atoms with Crippen molar-refractivity contribution in [1.82, 2.24) is 4.90 Å². The number of nitrogens with zero attached hydrogens (tertiary/aromatic N) is 1. The van der Waals surface area contributed by atoms with Crippen molar-refractivity contribution in [3.05, 3.63) is 42.5 Å². The second kappa shape index (κ2) is 7.12. The summed E-state index contributed by atoms with van der Waals surface area (Å²) in [6.07, 6.45) is 2.25. The molecule has 22 heavy (non-hydrogen) atoms. The molecule has 0 spiro atoms. The highest BCUT2D eigenvalue weighted by Crippen LogP contribution is 2.29. The molecule has 1 unspecified atom stereocenters. The molecule has 1 fully saturated rings. The van der Waals surface area contributed by atoms with Crippen LogP contribution >= 0.6 is 0 Å². The second-order valence-electron chi connectivity index (χ2n) is 6.24. The molecule has 2 aromatic carbocycles. The van der Waals surface area contributed by atoms with E-state index in [0.717, 1.165) is 30.1 Å². The largest absolute Gasteiger partial charge is 0.490 e. The molecule has 0 aliphatic heterocycles. The summed E-state index contributed by atoms with van der Waals surface area (Å²) < 4.78 is 5.87. The standard InChI is InChI=1S/C19H25NO2/c1-2-20(12-15-10-11-15)13-17(21)14-22-19-9-5-7-16-6-3-4-8-18(16)19/h3-9,15,17,21H,2,10-14H2,1H3. The van der Waals surface area contributed by atoms with Gasteiger partial charge in [-0.15, -0.1) is 0 Å². The third-order valence-corrected chi connectivity index (χ3v) is 4.31. The fraction of sp³-hybridized carbons (Fsp3) is 0.474. The molecule has 118 valence electrons. The van der Waals surface area contributed by atoms with Gasteiger partial charge in [-0.25, -0.2) is 0 Å². The molecular weight excluding hydrogens is 274 g/mol. The summed E-state index contributed by atoms with van der Waals surface area (Å²) >= 11 is 0. The van der Waals surface area contributed by atoms with Crippen molar-refractivity contribution in [1.29, 1.82) is 0 Å². The van der Waals surface area contributed by atoms with E-state index in [9.17, 15) is 5.11 Å². The quantitative estimate of drug-likeness (QED) is 0.811. The van der Waals surface area contributed by atoms with Crippen molar-refractivity contribution in [2.24, 2.45) is 5.92 Å². The maximum Gasteiger partial charge on any atom is 0.127 e. The molecule has 1 aliphatic carbocycles. The number of hydrogen-bond acceptors (Lipinski definition) is 3. The van der Waals surface area contributed by atoms with Gasteiger partial charge in [-0.05, 0) is 36.8 Å². The van der Waals surface area contributed by atoms with Gasteiger partial charge in [0.2, 0.25) is 0 Å². The lowest BCUT2D eigenvalue weighted by atomic mass is 10.1. The number of ether oxygens (including phenoxy) is 1. The van der Waals surface area contributed by atoms with E-state index >= 15 is 0 Å². The Morgan fingerprint density at radius 1 is 1.18 bits per heavy atom. The molecule has 0 aromatic heterocycles. The Labute approximate surface area is 132 Å². The van der Waals surface area contributed by atoms with E-state index in [-0.39, 0.29) is 0 Å². The van der Waals surface area contributed by atoms with Crippen LogP contribution in [0.4, 0.5) is 0 Å². The third-order valence-electron chi connectivity index (χ3n) is 4.31. The van der Waals surface area contributed by atoms with Crippen LogP contribution in [0.5, 0.6) is 5.75 Å². The Morgan fingerprint density at radius 3 is 2.73 bits per heavy atom. The van der Waals surface area contributed by atoms with Crippen LogP contribution in [-0.2, 0) is 0 Å². The van der Waals surface area contributed by atoms with Crippen LogP contribution in [0.25, 0.3) is 10.8 Å². The summed E-state index contributed by atoms with van der Waals surface area (Å²) in [5, 5.41) is 12.5. The number of fused-ring (bicyclic) bond motifs is 1. The van der Waals surface area contributed by atoms with Crippen molar-refractivity contribution < 1.29 is 9.84 Å². The third kappa shape index (κ3) is 3.99. The Hall–Kier alpha value is -1.58. The normalized spacial score (nSPS) is 16.1. The van der Waals surface area contributed by atoms with E-state index in [1.165, 1.54) is 18.2 Å². The zero-order chi connectivity index (χ0) is 15.4. The smallest absolute Gasteiger partial charge is 0.127 e. The first kappa shape index (κ1) is 15.3. The summed E-state index contributed by atoms with van der Waals surface area (Å²) in [6.45, 7) is 5.29. The summed E-state index contributed by atoms with van der Waals surface area (Å²) in [6, 6.07) is 14.2. The minimum Gasteiger partial charge on any atom is -0.490 e. The number of benzene rings is 2. The minimum atomic E-state index is -0.447. The lowest BCUT2D eigenvalue weighted by Crippen LogP contribution is -2.36. The highest BCUT2D eigenvalue weighted by molar-refractivity contribution is 5.88. The van der Waals surface area contributed by atoms with E-state index < -0.39 is 6.10 Å². The lowest BCUT2D eigenvalue weighted by Gasteiger charge is -2.23. The Balaban J connectivity index is 1.56. The average molecular weight is 299 g/mol. The van der Waals surface area contributed by atoms with Gasteiger partial charge in [-0.2, -0.15) is 0 Å². The molecule has 0 bridgehead atoms. The Kier molecular flexibility index (Phi) is 4.96. The number of rotatable bonds is 8. The van der Waals surface area contributed by atoms with Crippen molar-refractivity contribution in [3.63, 3.8) is 0 Å². The van der Waals surface area contributed by atoms with Gasteiger partial charge in [0, 0.05) is 18.5 Å². The zero-order valence-electron chi connectivity index (χ0n) is 13.2. The van der Waals surface area contributed by atoms with Gasteiger partial charge in [0.05, 0.1) is 0 Å². The van der Waals surface area contributed by atoms with Crippen LogP contribution in [0.3, 0.4) is 0 Å². The number of aliphatic hydroxyl groups is 1. The van der Waals surface area contributed by atoms with Crippen molar-refractivity contribution in [2.45, 2.75) is 25.9 Å². The number of aliphatic hydroxyl groups excluding tert-OH is 1. The van der Waals surface area contributed by atoms with E-state index in [1.807, 2.05) is 24.3 Å². The fourth-order valence-corrected chi connectivity index (χ4v) is 2.86. The van der Waals surface area contributed by atoms with Crippen molar-refractivity contribution in [3.8, 4) is 5.75 Å². The highest BCUT2D eigenvalue weighted by atomic mass is 16.5. The average Bonchev–Trinajstić information content (AvgIpc) is 3.36. The van der Waals surface area contributed by atoms with Gasteiger partial charge in [-0.3, -0.25) is 0 Å². The topological polar surface area (TPSA) is 32.7 Å². The monoisotopic (exact) mass is 299 g/mol. The maximum absolute atomic E-state index is 10.3. The van der Waals surface area contributed by atoms with Gasteiger partial charge >= 0.3 is 0 Å². The van der Waals surface area contributed by atoms with Crippen LogP contribution in [-0.4, -0.2) is 42.4 Å². The molecule has 3 heteroatoms. The molecule has 2 aromatic rings. The second-order valence-corrected chi connectivity index (χ2v) is 6.24. The zero-order valence-corrected chi connectivity index (χ0v) is 13.2. The molecule has 1 atom stereocenters. The first-order valence-electron chi connectivity index (χ1n) is 8.27. The molecule has 1 saturated carbocycles. The van der Waals surface area contributed by atoms with Gasteiger partial charge in [0.15, 0.2) is 0 Å². The van der Waals surface area contributed by atoms with Crippen LogP contribution in [0.15, 0.2) is 42.5 Å². The predicted molar refractivity (Wildman–Crippen MR) is 90.3 cm³/mol. The first-order valence-corrected chi connectivity index (χ1v) is 8.27. The van der Waals surface area contributed by atoms with E-state index in [0.29, 0.717) is 13.2 Å². The van der Waals surface area contributed by atoms with Gasteiger partial charge in [0.1, 0.15) is 18.5 Å². The minimum absolute atomic E-state index is 0.342. The highest BCUT2D eigenvalue weighted by Gasteiger charge is 2.24. The Morgan fingerprint density at radius 2 is 1.95 bits per heavy atom. The molecule has 0 radical (unpaired) electrons. The first-order chi connectivity index (χ1) is 10.8. The summed E-state index contributed by atoms with van der Waals surface area (Å²) in [5.41, 5.74) is 0. The maximum atomic E-state index is 10.3. The SMILES string of the molecule is CCN(CC(O)COc1cccc2ccccc12)CC1CC1. The van der Waals surface area contributed by atoms with Crippen molar-refractivity contribution in [2.75, 3.05) is 26.2 Å². The number of hydrogen-bond donors (Lipinski definition) is 1. The molecule has 0 heterocycles. The van der Waals surface area contributed by atoms with Crippen LogP contribution in [0.2, 0.25) is 0 Å². The summed E-state index contributed by atoms with van der Waals surface area (Å²) in [7, 11) is 0. The molecule has 3 rings (SSSR count). The van der Waals surface area contributed by atoms with Gasteiger partial charge in [0.25, 0.3) is 0 Å². The molecular formula is C19H25NO2. The summed E-state index contributed by atoms with van der Waals surface area (Å²) in [5.74, 6) is 1.70. The Bertz CT molecular complexity index is 604.